The van der Waals surface area contributed by atoms with E-state index in [0.29, 0.717) is 5.56 Å². The molecule has 26 heavy (non-hydrogen) atoms. The van der Waals surface area contributed by atoms with Gasteiger partial charge in [-0.05, 0) is 33.2 Å². The molecule has 0 aromatic heterocycles. The first kappa shape index (κ1) is 15.8. The van der Waals surface area contributed by atoms with Gasteiger partial charge in [0.2, 0.25) is 11.8 Å². The van der Waals surface area contributed by atoms with Gasteiger partial charge in [-0.2, -0.15) is 10.5 Å². The second-order valence-electron chi connectivity index (χ2n) is 6.33. The summed E-state index contributed by atoms with van der Waals surface area (Å²) in [5.74, 6) is -4.32. The van der Waals surface area contributed by atoms with Crippen LogP contribution in [0.15, 0.2) is 54.6 Å². The number of benzene rings is 3. The third-order valence-electron chi connectivity index (χ3n) is 4.95. The number of carbonyl (C=O) groups is 2. The number of amides is 2. The maximum absolute atomic E-state index is 12.3. The van der Waals surface area contributed by atoms with E-state index in [1.54, 1.807) is 0 Å². The number of hydrogen-bond donors (Lipinski definition) is 1. The van der Waals surface area contributed by atoms with Gasteiger partial charge >= 0.3 is 0 Å². The number of nitrogens with zero attached hydrogens (tertiary/aromatic N) is 2. The molecule has 1 heterocycles. The highest BCUT2D eigenvalue weighted by Crippen LogP contribution is 2.42. The highest BCUT2D eigenvalue weighted by molar-refractivity contribution is 6.07. The molecular formula is C21H13N3O2. The molecule has 1 saturated heterocycles. The van der Waals surface area contributed by atoms with E-state index in [2.05, 4.69) is 5.32 Å². The van der Waals surface area contributed by atoms with Crippen molar-refractivity contribution in [1.82, 2.24) is 5.32 Å². The van der Waals surface area contributed by atoms with Crippen molar-refractivity contribution in [3.63, 3.8) is 0 Å². The molecule has 1 N–H and O–H groups in total. The van der Waals surface area contributed by atoms with Crippen LogP contribution >= 0.6 is 0 Å². The fourth-order valence-corrected chi connectivity index (χ4v) is 3.81. The van der Waals surface area contributed by atoms with Crippen LogP contribution in [0.2, 0.25) is 0 Å². The van der Waals surface area contributed by atoms with Crippen molar-refractivity contribution < 1.29 is 9.59 Å². The van der Waals surface area contributed by atoms with E-state index in [-0.39, 0.29) is 0 Å². The zero-order valence-electron chi connectivity index (χ0n) is 13.6. The molecule has 3 aromatic rings. The van der Waals surface area contributed by atoms with Gasteiger partial charge in [0, 0.05) is 5.92 Å². The lowest BCUT2D eigenvalue weighted by atomic mass is 9.72. The molecule has 0 spiro atoms. The summed E-state index contributed by atoms with van der Waals surface area (Å²) in [6, 6.07) is 21.3. The molecule has 124 valence electrons. The summed E-state index contributed by atoms with van der Waals surface area (Å²) in [6.45, 7) is 0. The number of piperidine rings is 1. The minimum absolute atomic E-state index is 0.647. The normalized spacial score (nSPS) is 22.6. The lowest BCUT2D eigenvalue weighted by Crippen LogP contribution is -2.49. The molecule has 1 unspecified atom stereocenters. The van der Waals surface area contributed by atoms with E-state index in [0.717, 1.165) is 21.5 Å². The Morgan fingerprint density at radius 3 is 1.69 bits per heavy atom. The molecule has 0 radical (unpaired) electrons. The molecule has 1 aliphatic rings. The zero-order valence-corrected chi connectivity index (χ0v) is 13.6. The minimum atomic E-state index is -1.11. The van der Waals surface area contributed by atoms with Crippen molar-refractivity contribution in [2.24, 2.45) is 11.8 Å². The van der Waals surface area contributed by atoms with E-state index in [1.807, 2.05) is 66.7 Å². The Hall–Kier alpha value is -3.70. The summed E-state index contributed by atoms with van der Waals surface area (Å²) >= 11 is 0. The van der Waals surface area contributed by atoms with Crippen LogP contribution in [0.5, 0.6) is 0 Å². The van der Waals surface area contributed by atoms with Crippen LogP contribution in [-0.4, -0.2) is 11.8 Å². The summed E-state index contributed by atoms with van der Waals surface area (Å²) in [5.41, 5.74) is 0.708. The maximum atomic E-state index is 12.3. The van der Waals surface area contributed by atoms with Crippen LogP contribution in [0.1, 0.15) is 11.5 Å². The Morgan fingerprint density at radius 1 is 0.769 bits per heavy atom. The Morgan fingerprint density at radius 2 is 1.23 bits per heavy atom. The average molecular weight is 339 g/mol. The van der Waals surface area contributed by atoms with E-state index in [4.69, 9.17) is 0 Å². The molecule has 0 aliphatic carbocycles. The fraction of sp³-hybridized carbons (Fsp3) is 0.143. The van der Waals surface area contributed by atoms with Gasteiger partial charge in [0.15, 0.2) is 0 Å². The minimum Gasteiger partial charge on any atom is -0.294 e. The van der Waals surface area contributed by atoms with Gasteiger partial charge in [-0.3, -0.25) is 14.9 Å². The summed E-state index contributed by atoms with van der Waals surface area (Å²) in [7, 11) is 0. The SMILES string of the molecule is N#C[C@@H]1C(=O)NC(=O)[C@H](C#N)C1c1c2ccccc2cc2ccccc12. The predicted octanol–water partition coefficient (Wildman–Crippen LogP) is 3.01. The average Bonchev–Trinajstić information content (AvgIpc) is 2.65. The third kappa shape index (κ3) is 2.22. The molecule has 3 atom stereocenters. The first-order valence-corrected chi connectivity index (χ1v) is 8.20. The molecule has 4 rings (SSSR count). The second-order valence-corrected chi connectivity index (χ2v) is 6.33. The summed E-state index contributed by atoms with van der Waals surface area (Å²) in [4.78, 5) is 24.6. The molecular weight excluding hydrogens is 326 g/mol. The van der Waals surface area contributed by atoms with E-state index in [1.165, 1.54) is 0 Å². The van der Waals surface area contributed by atoms with Crippen molar-refractivity contribution in [2.75, 3.05) is 0 Å². The van der Waals surface area contributed by atoms with Gasteiger partial charge in [0.1, 0.15) is 11.8 Å². The van der Waals surface area contributed by atoms with Gasteiger partial charge in [0.05, 0.1) is 12.1 Å². The monoisotopic (exact) mass is 339 g/mol. The number of imide groups is 1. The fourth-order valence-electron chi connectivity index (χ4n) is 3.81. The third-order valence-corrected chi connectivity index (χ3v) is 4.95. The summed E-state index contributed by atoms with van der Waals surface area (Å²) < 4.78 is 0. The molecule has 0 saturated carbocycles. The first-order valence-electron chi connectivity index (χ1n) is 8.20. The van der Waals surface area contributed by atoms with Gasteiger partial charge in [0.25, 0.3) is 0 Å². The number of rotatable bonds is 1. The van der Waals surface area contributed by atoms with Crippen molar-refractivity contribution in [3.05, 3.63) is 60.2 Å². The van der Waals surface area contributed by atoms with Crippen molar-refractivity contribution >= 4 is 33.4 Å². The van der Waals surface area contributed by atoms with Crippen molar-refractivity contribution in [2.45, 2.75) is 5.92 Å². The lowest BCUT2D eigenvalue weighted by Gasteiger charge is -2.31. The molecule has 1 fully saturated rings. The zero-order chi connectivity index (χ0) is 18.3. The van der Waals surface area contributed by atoms with Gasteiger partial charge in [-0.15, -0.1) is 0 Å². The number of hydrogen-bond acceptors (Lipinski definition) is 4. The Kier molecular flexibility index (Phi) is 3.64. The molecule has 5 heteroatoms. The predicted molar refractivity (Wildman–Crippen MR) is 95.6 cm³/mol. The molecule has 2 amide bonds. The Bertz CT molecular complexity index is 1070. The number of nitriles is 2. The molecule has 3 aromatic carbocycles. The van der Waals surface area contributed by atoms with E-state index < -0.39 is 29.6 Å². The van der Waals surface area contributed by atoms with Crippen LogP contribution in [0.4, 0.5) is 0 Å². The lowest BCUT2D eigenvalue weighted by molar-refractivity contribution is -0.137. The van der Waals surface area contributed by atoms with Crippen LogP contribution in [0, 0.1) is 34.5 Å². The Labute approximate surface area is 149 Å². The highest BCUT2D eigenvalue weighted by Gasteiger charge is 2.46. The number of fused-ring (bicyclic) bond motifs is 2. The molecule has 5 nitrogen and oxygen atoms in total. The Balaban J connectivity index is 2.13. The first-order chi connectivity index (χ1) is 12.7. The second kappa shape index (κ2) is 5.98. The number of carbonyl (C=O) groups excluding carboxylic acids is 2. The largest absolute Gasteiger partial charge is 0.294 e. The van der Waals surface area contributed by atoms with Gasteiger partial charge in [-0.1, -0.05) is 48.5 Å². The van der Waals surface area contributed by atoms with Crippen LogP contribution in [0.25, 0.3) is 21.5 Å². The van der Waals surface area contributed by atoms with Crippen LogP contribution < -0.4 is 5.32 Å². The highest BCUT2D eigenvalue weighted by atomic mass is 16.2. The summed E-state index contributed by atoms with van der Waals surface area (Å²) in [6.07, 6.45) is 0. The molecule has 0 bridgehead atoms. The van der Waals surface area contributed by atoms with Crippen LogP contribution in [0.3, 0.4) is 0 Å². The van der Waals surface area contributed by atoms with Crippen LogP contribution in [-0.2, 0) is 9.59 Å². The van der Waals surface area contributed by atoms with Crippen molar-refractivity contribution in [1.29, 1.82) is 10.5 Å². The van der Waals surface area contributed by atoms with Gasteiger partial charge < -0.3 is 0 Å². The number of nitrogens with one attached hydrogen (secondary N) is 1. The smallest absolute Gasteiger partial charge is 0.244 e. The van der Waals surface area contributed by atoms with Crippen molar-refractivity contribution in [3.8, 4) is 12.1 Å². The molecule has 1 aliphatic heterocycles. The standard InChI is InChI=1S/C21H13N3O2/c22-10-16-19(17(11-23)21(26)24-20(16)25)18-14-7-3-1-5-12(14)9-13-6-2-4-8-15(13)18/h1-9,16-17,19H,(H,24,25,26)/t16-,17+,19?. The maximum Gasteiger partial charge on any atom is 0.244 e. The van der Waals surface area contributed by atoms with Gasteiger partial charge in [-0.25, -0.2) is 0 Å². The van der Waals surface area contributed by atoms with E-state index in [9.17, 15) is 20.1 Å². The topological polar surface area (TPSA) is 93.8 Å². The summed E-state index contributed by atoms with van der Waals surface area (Å²) in [5, 5.41) is 24.9. The van der Waals surface area contributed by atoms with E-state index >= 15 is 0 Å². The quantitative estimate of drug-likeness (QED) is 0.545.